The fourth-order valence-electron chi connectivity index (χ4n) is 0.730. The normalized spacial score (nSPS) is 15.0. The van der Waals surface area contributed by atoms with Gasteiger partial charge in [-0.1, -0.05) is 25.6 Å². The minimum atomic E-state index is -1.48. The summed E-state index contributed by atoms with van der Waals surface area (Å²) in [6.45, 7) is 7.84. The number of carbonyl (C=O) groups is 1. The zero-order chi connectivity index (χ0) is 11.4. The molecule has 3 nitrogen and oxygen atoms in total. The molecule has 80 valence electrons. The van der Waals surface area contributed by atoms with Gasteiger partial charge in [0, 0.05) is 0 Å². The SMILES string of the molecule is COC(=O)[C@H](C)[C@@H](O)C#C[Si](C)(C)C. The van der Waals surface area contributed by atoms with E-state index in [0.29, 0.717) is 0 Å². The number of aliphatic hydroxyl groups excluding tert-OH is 1. The lowest BCUT2D eigenvalue weighted by atomic mass is 10.1. The lowest BCUT2D eigenvalue weighted by molar-refractivity contribution is -0.147. The van der Waals surface area contributed by atoms with E-state index in [1.54, 1.807) is 6.92 Å². The predicted molar refractivity (Wildman–Crippen MR) is 58.3 cm³/mol. The van der Waals surface area contributed by atoms with Crippen molar-refractivity contribution in [3.63, 3.8) is 0 Å². The van der Waals surface area contributed by atoms with Crippen molar-refractivity contribution in [2.24, 2.45) is 5.92 Å². The van der Waals surface area contributed by atoms with Crippen LogP contribution in [0.5, 0.6) is 0 Å². The van der Waals surface area contributed by atoms with Gasteiger partial charge >= 0.3 is 5.97 Å². The molecule has 0 rings (SSSR count). The van der Waals surface area contributed by atoms with E-state index < -0.39 is 26.1 Å². The van der Waals surface area contributed by atoms with E-state index >= 15 is 0 Å². The molecule has 0 aromatic carbocycles. The molecule has 0 aliphatic rings. The Labute approximate surface area is 86.5 Å². The van der Waals surface area contributed by atoms with Crippen molar-refractivity contribution in [3.8, 4) is 11.5 Å². The molecule has 1 N–H and O–H groups in total. The average Bonchev–Trinajstić information content (AvgIpc) is 2.10. The summed E-state index contributed by atoms with van der Waals surface area (Å²) in [6, 6.07) is 0. The second kappa shape index (κ2) is 5.18. The Hall–Kier alpha value is -0.793. The molecular formula is C10H18O3Si. The van der Waals surface area contributed by atoms with Gasteiger partial charge in [0.1, 0.15) is 14.2 Å². The Balaban J connectivity index is 4.39. The molecule has 0 heterocycles. The molecule has 0 fully saturated rings. The standard InChI is InChI=1S/C10H18O3Si/c1-8(10(12)13-2)9(11)6-7-14(3,4)5/h8-9,11H,1-5H3/t8-,9+/m1/s1. The first kappa shape index (κ1) is 13.2. The highest BCUT2D eigenvalue weighted by Gasteiger charge is 2.21. The number of hydrogen-bond acceptors (Lipinski definition) is 3. The van der Waals surface area contributed by atoms with Gasteiger partial charge in [0.15, 0.2) is 0 Å². The number of carbonyl (C=O) groups excluding carboxylic acids is 1. The highest BCUT2D eigenvalue weighted by molar-refractivity contribution is 6.83. The maximum atomic E-state index is 11.0. The zero-order valence-corrected chi connectivity index (χ0v) is 10.4. The average molecular weight is 214 g/mol. The van der Waals surface area contributed by atoms with Crippen LogP contribution < -0.4 is 0 Å². The molecular weight excluding hydrogens is 196 g/mol. The van der Waals surface area contributed by atoms with E-state index in [0.717, 1.165) is 0 Å². The summed E-state index contributed by atoms with van der Waals surface area (Å²) in [6.07, 6.45) is -0.922. The Morgan fingerprint density at radius 2 is 1.93 bits per heavy atom. The third-order valence-corrected chi connectivity index (χ3v) is 2.54. The summed E-state index contributed by atoms with van der Waals surface area (Å²) in [7, 11) is -0.181. The van der Waals surface area contributed by atoms with Crippen LogP contribution in [0.4, 0.5) is 0 Å². The second-order valence-electron chi connectivity index (χ2n) is 4.28. The van der Waals surface area contributed by atoms with Gasteiger partial charge in [0.2, 0.25) is 0 Å². The van der Waals surface area contributed by atoms with Crippen molar-refractivity contribution in [2.75, 3.05) is 7.11 Å². The molecule has 0 aromatic rings. The minimum absolute atomic E-state index is 0.428. The first-order valence-electron chi connectivity index (χ1n) is 4.56. The fraction of sp³-hybridized carbons (Fsp3) is 0.700. The van der Waals surface area contributed by atoms with Gasteiger partial charge in [-0.05, 0) is 6.92 Å². The minimum Gasteiger partial charge on any atom is -0.469 e. The maximum absolute atomic E-state index is 11.0. The Morgan fingerprint density at radius 1 is 1.43 bits per heavy atom. The number of aliphatic hydroxyl groups is 1. The van der Waals surface area contributed by atoms with Gasteiger partial charge in [0.05, 0.1) is 13.0 Å². The summed E-state index contributed by atoms with van der Waals surface area (Å²) in [5, 5.41) is 9.53. The lowest BCUT2D eigenvalue weighted by Crippen LogP contribution is -2.26. The molecule has 4 heteroatoms. The maximum Gasteiger partial charge on any atom is 0.312 e. The molecule has 2 atom stereocenters. The first-order valence-corrected chi connectivity index (χ1v) is 8.06. The summed E-state index contributed by atoms with van der Waals surface area (Å²) >= 11 is 0. The zero-order valence-electron chi connectivity index (χ0n) is 9.42. The number of esters is 1. The molecule has 0 saturated heterocycles. The monoisotopic (exact) mass is 214 g/mol. The summed E-state index contributed by atoms with van der Waals surface area (Å²) in [5.74, 6) is 1.70. The van der Waals surface area contributed by atoms with Crippen LogP contribution in [0.3, 0.4) is 0 Å². The van der Waals surface area contributed by atoms with E-state index in [9.17, 15) is 9.90 Å². The first-order chi connectivity index (χ1) is 6.28. The Kier molecular flexibility index (Phi) is 4.88. The van der Waals surface area contributed by atoms with Gasteiger partial charge in [-0.15, -0.1) is 5.54 Å². The van der Waals surface area contributed by atoms with Crippen LogP contribution in [0.2, 0.25) is 19.6 Å². The van der Waals surface area contributed by atoms with E-state index in [4.69, 9.17) is 0 Å². The summed E-state index contributed by atoms with van der Waals surface area (Å²) < 4.78 is 4.51. The van der Waals surface area contributed by atoms with E-state index in [1.165, 1.54) is 7.11 Å². The highest BCUT2D eigenvalue weighted by atomic mass is 28.3. The van der Waals surface area contributed by atoms with Crippen LogP contribution in [0.1, 0.15) is 6.92 Å². The molecule has 0 unspecified atom stereocenters. The third-order valence-electron chi connectivity index (χ3n) is 1.64. The van der Waals surface area contributed by atoms with Crippen molar-refractivity contribution in [1.29, 1.82) is 0 Å². The third kappa shape index (κ3) is 5.05. The van der Waals surface area contributed by atoms with Crippen LogP contribution in [0.15, 0.2) is 0 Å². The van der Waals surface area contributed by atoms with Gasteiger partial charge in [-0.2, -0.15) is 0 Å². The van der Waals surface area contributed by atoms with E-state index in [1.807, 2.05) is 0 Å². The van der Waals surface area contributed by atoms with Crippen LogP contribution >= 0.6 is 0 Å². The van der Waals surface area contributed by atoms with Crippen LogP contribution in [-0.4, -0.2) is 32.4 Å². The van der Waals surface area contributed by atoms with Crippen molar-refractivity contribution in [3.05, 3.63) is 0 Å². The van der Waals surface area contributed by atoms with Gasteiger partial charge < -0.3 is 9.84 Å². The number of methoxy groups -OCH3 is 1. The van der Waals surface area contributed by atoms with Gasteiger partial charge in [-0.3, -0.25) is 4.79 Å². The molecule has 0 radical (unpaired) electrons. The van der Waals surface area contributed by atoms with Crippen molar-refractivity contribution < 1.29 is 14.6 Å². The Bertz CT molecular complexity index is 257. The summed E-state index contributed by atoms with van der Waals surface area (Å²) in [4.78, 5) is 11.0. The molecule has 0 saturated carbocycles. The smallest absolute Gasteiger partial charge is 0.312 e. The topological polar surface area (TPSA) is 46.5 Å². The molecule has 0 aliphatic heterocycles. The van der Waals surface area contributed by atoms with Gasteiger partial charge in [0.25, 0.3) is 0 Å². The van der Waals surface area contributed by atoms with E-state index in [2.05, 4.69) is 35.8 Å². The molecule has 0 amide bonds. The lowest BCUT2D eigenvalue weighted by Gasteiger charge is -2.12. The molecule has 0 spiro atoms. The van der Waals surface area contributed by atoms with Crippen LogP contribution in [-0.2, 0) is 9.53 Å². The van der Waals surface area contributed by atoms with Crippen LogP contribution in [0.25, 0.3) is 0 Å². The predicted octanol–water partition coefficient (Wildman–Crippen LogP) is 1.04. The number of ether oxygens (including phenoxy) is 1. The van der Waals surface area contributed by atoms with Crippen LogP contribution in [0, 0.1) is 17.4 Å². The summed E-state index contributed by atoms with van der Waals surface area (Å²) in [5.41, 5.74) is 3.01. The largest absolute Gasteiger partial charge is 0.469 e. The van der Waals surface area contributed by atoms with Crippen molar-refractivity contribution in [1.82, 2.24) is 0 Å². The quantitative estimate of drug-likeness (QED) is 0.424. The Morgan fingerprint density at radius 3 is 2.29 bits per heavy atom. The number of rotatable bonds is 2. The molecule has 0 aromatic heterocycles. The molecule has 0 aliphatic carbocycles. The molecule has 14 heavy (non-hydrogen) atoms. The second-order valence-corrected chi connectivity index (χ2v) is 9.03. The van der Waals surface area contributed by atoms with E-state index in [-0.39, 0.29) is 0 Å². The fourth-order valence-corrected chi connectivity index (χ4v) is 1.31. The van der Waals surface area contributed by atoms with Crippen molar-refractivity contribution >= 4 is 14.0 Å². The number of hydrogen-bond donors (Lipinski definition) is 1. The van der Waals surface area contributed by atoms with Gasteiger partial charge in [-0.25, -0.2) is 0 Å². The molecule has 0 bridgehead atoms. The highest BCUT2D eigenvalue weighted by Crippen LogP contribution is 2.05. The van der Waals surface area contributed by atoms with Crippen molar-refractivity contribution in [2.45, 2.75) is 32.7 Å².